The van der Waals surface area contributed by atoms with Gasteiger partial charge in [0.15, 0.2) is 0 Å². The predicted molar refractivity (Wildman–Crippen MR) is 82.9 cm³/mol. The van der Waals surface area contributed by atoms with E-state index in [9.17, 15) is 9.59 Å². The maximum Gasteiger partial charge on any atom is 0.319 e. The van der Waals surface area contributed by atoms with Crippen LogP contribution in [0.3, 0.4) is 0 Å². The predicted octanol–water partition coefficient (Wildman–Crippen LogP) is 2.55. The van der Waals surface area contributed by atoms with E-state index in [4.69, 9.17) is 9.47 Å². The average Bonchev–Trinajstić information content (AvgIpc) is 2.95. The molecule has 1 fully saturated rings. The fourth-order valence-corrected chi connectivity index (χ4v) is 2.73. The molecular weight excluding hydrogens is 284 g/mol. The summed E-state index contributed by atoms with van der Waals surface area (Å²) < 4.78 is 10.2. The van der Waals surface area contributed by atoms with Crippen molar-refractivity contribution >= 4 is 17.7 Å². The molecule has 0 unspecified atom stereocenters. The van der Waals surface area contributed by atoms with Crippen LogP contribution in [0.4, 0.5) is 10.5 Å². The Bertz CT molecular complexity index is 533. The van der Waals surface area contributed by atoms with Gasteiger partial charge >= 0.3 is 12.0 Å². The van der Waals surface area contributed by atoms with Crippen LogP contribution in [0, 0.1) is 5.92 Å². The largest absolute Gasteiger partial charge is 0.494 e. The Labute approximate surface area is 130 Å². The summed E-state index contributed by atoms with van der Waals surface area (Å²) in [7, 11) is 1.37. The summed E-state index contributed by atoms with van der Waals surface area (Å²) in [6, 6.07) is 6.69. The van der Waals surface area contributed by atoms with Gasteiger partial charge < -0.3 is 20.1 Å². The highest BCUT2D eigenvalue weighted by molar-refractivity contribution is 5.90. The molecule has 1 aromatic carbocycles. The fraction of sp³-hybridized carbons (Fsp3) is 0.500. The summed E-state index contributed by atoms with van der Waals surface area (Å²) in [6.45, 7) is 2.47. The van der Waals surface area contributed by atoms with Crippen molar-refractivity contribution in [1.29, 1.82) is 0 Å². The molecular formula is C16H22N2O4. The minimum atomic E-state index is -0.325. The van der Waals surface area contributed by atoms with Crippen molar-refractivity contribution in [2.24, 2.45) is 5.92 Å². The van der Waals surface area contributed by atoms with Gasteiger partial charge in [-0.1, -0.05) is 12.5 Å². The molecule has 2 atom stereocenters. The highest BCUT2D eigenvalue weighted by Crippen LogP contribution is 2.27. The Morgan fingerprint density at radius 2 is 2.14 bits per heavy atom. The number of ether oxygens (including phenoxy) is 2. The number of anilines is 1. The molecule has 2 amide bonds. The van der Waals surface area contributed by atoms with Gasteiger partial charge in [0.2, 0.25) is 0 Å². The van der Waals surface area contributed by atoms with Gasteiger partial charge in [-0.05, 0) is 31.9 Å². The van der Waals surface area contributed by atoms with E-state index in [1.54, 1.807) is 12.1 Å². The molecule has 0 radical (unpaired) electrons. The number of hydrogen-bond donors (Lipinski definition) is 2. The maximum atomic E-state index is 12.1. The maximum absolute atomic E-state index is 12.1. The van der Waals surface area contributed by atoms with Crippen LogP contribution in [-0.2, 0) is 9.53 Å². The second-order valence-corrected chi connectivity index (χ2v) is 5.23. The fourth-order valence-electron chi connectivity index (χ4n) is 2.73. The van der Waals surface area contributed by atoms with Crippen molar-refractivity contribution in [1.82, 2.24) is 5.32 Å². The Kier molecular flexibility index (Phi) is 5.63. The lowest BCUT2D eigenvalue weighted by Crippen LogP contribution is -2.42. The van der Waals surface area contributed by atoms with Crippen molar-refractivity contribution in [2.45, 2.75) is 32.2 Å². The standard InChI is InChI=1S/C16H22N2O4/c1-3-22-12-7-4-6-11(10-12)17-16(20)18-14-9-5-8-13(14)15(19)21-2/h4,6-7,10,13-14H,3,5,8-9H2,1-2H3,(H2,17,18,20)/t13-,14-/m1/s1. The lowest BCUT2D eigenvalue weighted by atomic mass is 10.0. The molecule has 1 aliphatic rings. The van der Waals surface area contributed by atoms with Crippen molar-refractivity contribution in [3.63, 3.8) is 0 Å². The Hall–Kier alpha value is -2.24. The molecule has 1 aromatic rings. The van der Waals surface area contributed by atoms with Gasteiger partial charge in [-0.3, -0.25) is 4.79 Å². The van der Waals surface area contributed by atoms with Crippen molar-refractivity contribution in [3.8, 4) is 5.75 Å². The van der Waals surface area contributed by atoms with E-state index in [1.807, 2.05) is 19.1 Å². The van der Waals surface area contributed by atoms with Crippen LogP contribution in [0.1, 0.15) is 26.2 Å². The average molecular weight is 306 g/mol. The number of amides is 2. The molecule has 120 valence electrons. The molecule has 1 aliphatic carbocycles. The molecule has 0 spiro atoms. The third kappa shape index (κ3) is 4.13. The molecule has 0 heterocycles. The van der Waals surface area contributed by atoms with Crippen molar-refractivity contribution in [3.05, 3.63) is 24.3 Å². The van der Waals surface area contributed by atoms with Crippen LogP contribution >= 0.6 is 0 Å². The van der Waals surface area contributed by atoms with Crippen LogP contribution in [0.2, 0.25) is 0 Å². The zero-order chi connectivity index (χ0) is 15.9. The highest BCUT2D eigenvalue weighted by atomic mass is 16.5. The number of methoxy groups -OCH3 is 1. The minimum absolute atomic E-state index is 0.178. The minimum Gasteiger partial charge on any atom is -0.494 e. The second kappa shape index (κ2) is 7.68. The second-order valence-electron chi connectivity index (χ2n) is 5.23. The summed E-state index contributed by atoms with van der Waals surface area (Å²) in [5, 5.41) is 5.62. The number of nitrogens with one attached hydrogen (secondary N) is 2. The van der Waals surface area contributed by atoms with E-state index in [0.717, 1.165) is 19.3 Å². The normalized spacial score (nSPS) is 20.3. The van der Waals surface area contributed by atoms with Gasteiger partial charge in [0.25, 0.3) is 0 Å². The van der Waals surface area contributed by atoms with Gasteiger partial charge in [0.05, 0.1) is 19.6 Å². The molecule has 2 N–H and O–H groups in total. The first-order valence-electron chi connectivity index (χ1n) is 7.52. The van der Waals surface area contributed by atoms with Crippen LogP contribution in [0.15, 0.2) is 24.3 Å². The third-order valence-corrected chi connectivity index (χ3v) is 3.74. The molecule has 6 heteroatoms. The number of rotatable bonds is 5. The van der Waals surface area contributed by atoms with E-state index < -0.39 is 0 Å². The summed E-state index contributed by atoms with van der Waals surface area (Å²) >= 11 is 0. The molecule has 2 rings (SSSR count). The molecule has 0 aliphatic heterocycles. The molecule has 1 saturated carbocycles. The Balaban J connectivity index is 1.92. The van der Waals surface area contributed by atoms with Gasteiger partial charge in [-0.2, -0.15) is 0 Å². The van der Waals surface area contributed by atoms with E-state index in [1.165, 1.54) is 7.11 Å². The van der Waals surface area contributed by atoms with Crippen molar-refractivity contribution in [2.75, 3.05) is 19.0 Å². The lowest BCUT2D eigenvalue weighted by molar-refractivity contribution is -0.145. The van der Waals surface area contributed by atoms with E-state index in [0.29, 0.717) is 18.0 Å². The lowest BCUT2D eigenvalue weighted by Gasteiger charge is -2.19. The molecule has 22 heavy (non-hydrogen) atoms. The Morgan fingerprint density at radius 3 is 2.86 bits per heavy atom. The third-order valence-electron chi connectivity index (χ3n) is 3.74. The van der Waals surface area contributed by atoms with Crippen LogP contribution < -0.4 is 15.4 Å². The van der Waals surface area contributed by atoms with Crippen molar-refractivity contribution < 1.29 is 19.1 Å². The highest BCUT2D eigenvalue weighted by Gasteiger charge is 2.34. The number of carbonyl (C=O) groups excluding carboxylic acids is 2. The van der Waals surface area contributed by atoms with Gasteiger partial charge in [-0.15, -0.1) is 0 Å². The monoisotopic (exact) mass is 306 g/mol. The van der Waals surface area contributed by atoms with E-state index in [2.05, 4.69) is 10.6 Å². The van der Waals surface area contributed by atoms with E-state index in [-0.39, 0.29) is 24.0 Å². The summed E-state index contributed by atoms with van der Waals surface area (Å²) in [5.41, 5.74) is 0.649. The summed E-state index contributed by atoms with van der Waals surface area (Å²) in [4.78, 5) is 23.7. The quantitative estimate of drug-likeness (QED) is 0.820. The summed E-state index contributed by atoms with van der Waals surface area (Å²) in [5.74, 6) is 0.181. The SMILES string of the molecule is CCOc1cccc(NC(=O)N[C@@H]2CCC[C@H]2C(=O)OC)c1. The van der Waals surface area contributed by atoms with Crippen LogP contribution in [0.5, 0.6) is 5.75 Å². The molecule has 6 nitrogen and oxygen atoms in total. The number of urea groups is 1. The number of esters is 1. The molecule has 0 bridgehead atoms. The first-order chi connectivity index (χ1) is 10.6. The smallest absolute Gasteiger partial charge is 0.319 e. The summed E-state index contributed by atoms with van der Waals surface area (Å²) in [6.07, 6.45) is 2.44. The van der Waals surface area contributed by atoms with Gasteiger partial charge in [-0.25, -0.2) is 4.79 Å². The van der Waals surface area contributed by atoms with Gasteiger partial charge in [0.1, 0.15) is 5.75 Å². The Morgan fingerprint density at radius 1 is 1.32 bits per heavy atom. The van der Waals surface area contributed by atoms with Gasteiger partial charge in [0, 0.05) is 17.8 Å². The zero-order valence-electron chi connectivity index (χ0n) is 12.9. The molecule has 0 saturated heterocycles. The van der Waals surface area contributed by atoms with Crippen LogP contribution in [-0.4, -0.2) is 31.8 Å². The number of hydrogen-bond acceptors (Lipinski definition) is 4. The van der Waals surface area contributed by atoms with Crippen LogP contribution in [0.25, 0.3) is 0 Å². The first kappa shape index (κ1) is 16.1. The molecule has 0 aromatic heterocycles. The zero-order valence-corrected chi connectivity index (χ0v) is 12.9. The number of carbonyl (C=O) groups is 2. The van der Waals surface area contributed by atoms with E-state index >= 15 is 0 Å². The first-order valence-corrected chi connectivity index (χ1v) is 7.52. The number of benzene rings is 1. The topological polar surface area (TPSA) is 76.7 Å².